The molecule has 1 aliphatic heterocycles. The minimum absolute atomic E-state index is 0.208. The van der Waals surface area contributed by atoms with Crippen LogP contribution in [0.3, 0.4) is 0 Å². The highest BCUT2D eigenvalue weighted by Gasteiger charge is 2.20. The molecule has 2 heterocycles. The quantitative estimate of drug-likeness (QED) is 0.724. The van der Waals surface area contributed by atoms with Crippen molar-refractivity contribution in [2.75, 3.05) is 31.2 Å². The topological polar surface area (TPSA) is 96.2 Å². The predicted octanol–water partition coefficient (Wildman–Crippen LogP) is 0.0349. The Balaban J connectivity index is 2.17. The molecule has 1 unspecified atom stereocenters. The molecule has 7 heteroatoms. The van der Waals surface area contributed by atoms with Gasteiger partial charge in [-0.25, -0.2) is 4.79 Å². The van der Waals surface area contributed by atoms with Crippen LogP contribution < -0.4 is 22.3 Å². The van der Waals surface area contributed by atoms with E-state index in [1.165, 1.54) is 17.4 Å². The number of likely N-dealkylation sites (N-methyl/N-ethyl adjacent to an activating group) is 1. The number of rotatable bonds is 4. The van der Waals surface area contributed by atoms with E-state index in [9.17, 15) is 9.59 Å². The van der Waals surface area contributed by atoms with Crippen molar-refractivity contribution >= 4 is 11.5 Å². The number of likely N-dealkylation sites (tertiary alicyclic amines) is 1. The van der Waals surface area contributed by atoms with Gasteiger partial charge in [-0.15, -0.1) is 0 Å². The fourth-order valence-electron chi connectivity index (χ4n) is 2.69. The van der Waals surface area contributed by atoms with E-state index in [4.69, 9.17) is 5.73 Å². The molecule has 0 bridgehead atoms. The molecule has 112 valence electrons. The van der Waals surface area contributed by atoms with Gasteiger partial charge in [-0.2, -0.15) is 0 Å². The van der Waals surface area contributed by atoms with E-state index < -0.39 is 11.2 Å². The first-order valence-corrected chi connectivity index (χ1v) is 7.11. The van der Waals surface area contributed by atoms with Gasteiger partial charge in [-0.1, -0.05) is 6.42 Å². The van der Waals surface area contributed by atoms with Crippen LogP contribution in [0.4, 0.5) is 11.5 Å². The van der Waals surface area contributed by atoms with Crippen LogP contribution in [-0.4, -0.2) is 40.6 Å². The number of nitrogens with one attached hydrogen (secondary N) is 2. The Morgan fingerprint density at radius 2 is 2.15 bits per heavy atom. The molecule has 0 saturated carbocycles. The van der Waals surface area contributed by atoms with Crippen LogP contribution in [0, 0.1) is 0 Å². The van der Waals surface area contributed by atoms with Crippen LogP contribution >= 0.6 is 0 Å². The van der Waals surface area contributed by atoms with Crippen molar-refractivity contribution in [3.8, 4) is 0 Å². The molecule has 2 rings (SSSR count). The van der Waals surface area contributed by atoms with Crippen LogP contribution in [0.1, 0.15) is 26.2 Å². The van der Waals surface area contributed by atoms with Crippen molar-refractivity contribution in [1.29, 1.82) is 0 Å². The Kier molecular flexibility index (Phi) is 4.49. The zero-order chi connectivity index (χ0) is 14.7. The maximum Gasteiger partial charge on any atom is 0.330 e. The number of hydrogen-bond donors (Lipinski definition) is 3. The van der Waals surface area contributed by atoms with E-state index in [0.29, 0.717) is 24.8 Å². The van der Waals surface area contributed by atoms with Gasteiger partial charge in [0.25, 0.3) is 5.56 Å². The van der Waals surface area contributed by atoms with E-state index in [1.807, 2.05) is 6.92 Å². The summed E-state index contributed by atoms with van der Waals surface area (Å²) in [4.78, 5) is 28.0. The van der Waals surface area contributed by atoms with Crippen LogP contribution in [0.2, 0.25) is 0 Å². The lowest BCUT2D eigenvalue weighted by Crippen LogP contribution is -2.42. The van der Waals surface area contributed by atoms with Crippen LogP contribution in [0.25, 0.3) is 0 Å². The number of nitrogens with zero attached hydrogens (tertiary/aromatic N) is 2. The SMILES string of the molecule is CCn1c(N)c(NCC2CCCCN2C)c(=O)[nH]c1=O. The molecule has 1 saturated heterocycles. The first-order chi connectivity index (χ1) is 9.54. The van der Waals surface area contributed by atoms with Gasteiger partial charge in [-0.05, 0) is 33.4 Å². The fourth-order valence-corrected chi connectivity index (χ4v) is 2.69. The molecule has 1 aromatic heterocycles. The highest BCUT2D eigenvalue weighted by molar-refractivity contribution is 5.60. The second-order valence-electron chi connectivity index (χ2n) is 5.27. The molecule has 20 heavy (non-hydrogen) atoms. The second kappa shape index (κ2) is 6.13. The first-order valence-electron chi connectivity index (χ1n) is 7.11. The van der Waals surface area contributed by atoms with Crippen molar-refractivity contribution in [2.24, 2.45) is 0 Å². The summed E-state index contributed by atoms with van der Waals surface area (Å²) in [5.74, 6) is 0.208. The summed E-state index contributed by atoms with van der Waals surface area (Å²) in [6.07, 6.45) is 3.53. The highest BCUT2D eigenvalue weighted by Crippen LogP contribution is 2.16. The van der Waals surface area contributed by atoms with Crippen LogP contribution in [0.15, 0.2) is 9.59 Å². The Labute approximate surface area is 117 Å². The average Bonchev–Trinajstić information content (AvgIpc) is 2.40. The molecule has 0 spiro atoms. The lowest BCUT2D eigenvalue weighted by atomic mass is 10.0. The molecule has 4 N–H and O–H groups in total. The normalized spacial score (nSPS) is 20.0. The summed E-state index contributed by atoms with van der Waals surface area (Å²) in [6, 6.07) is 0.393. The van der Waals surface area contributed by atoms with Crippen LogP contribution in [-0.2, 0) is 6.54 Å². The van der Waals surface area contributed by atoms with Gasteiger partial charge in [0.1, 0.15) is 11.5 Å². The lowest BCUT2D eigenvalue weighted by molar-refractivity contribution is 0.194. The van der Waals surface area contributed by atoms with Gasteiger partial charge in [-0.3, -0.25) is 14.3 Å². The van der Waals surface area contributed by atoms with Crippen molar-refractivity contribution in [3.05, 3.63) is 20.8 Å². The standard InChI is InChI=1S/C13H23N5O2/c1-3-18-11(14)10(12(19)16-13(18)20)15-8-9-6-4-5-7-17(9)2/h9,15H,3-8,14H2,1-2H3,(H,16,19,20). The molecule has 1 atom stereocenters. The van der Waals surface area contributed by atoms with E-state index in [-0.39, 0.29) is 5.82 Å². The molecule has 1 aromatic rings. The third kappa shape index (κ3) is 2.87. The number of H-pyrrole nitrogens is 1. The Morgan fingerprint density at radius 3 is 2.80 bits per heavy atom. The number of nitrogen functional groups attached to an aromatic ring is 1. The molecular formula is C13H23N5O2. The Bertz CT molecular complexity index is 577. The van der Waals surface area contributed by atoms with Crippen molar-refractivity contribution < 1.29 is 0 Å². The highest BCUT2D eigenvalue weighted by atomic mass is 16.2. The second-order valence-corrected chi connectivity index (χ2v) is 5.27. The summed E-state index contributed by atoms with van der Waals surface area (Å²) in [6.45, 7) is 3.98. The molecule has 1 fully saturated rings. The summed E-state index contributed by atoms with van der Waals surface area (Å²) in [5, 5.41) is 3.11. The van der Waals surface area contributed by atoms with E-state index in [2.05, 4.69) is 22.2 Å². The van der Waals surface area contributed by atoms with Crippen molar-refractivity contribution in [2.45, 2.75) is 38.8 Å². The van der Waals surface area contributed by atoms with Gasteiger partial charge >= 0.3 is 5.69 Å². The summed E-state index contributed by atoms with van der Waals surface area (Å²) >= 11 is 0. The lowest BCUT2D eigenvalue weighted by Gasteiger charge is -2.32. The van der Waals surface area contributed by atoms with E-state index in [0.717, 1.165) is 13.0 Å². The first kappa shape index (κ1) is 14.6. The van der Waals surface area contributed by atoms with Crippen LogP contribution in [0.5, 0.6) is 0 Å². The number of aromatic amines is 1. The van der Waals surface area contributed by atoms with Gasteiger partial charge < -0.3 is 16.0 Å². The zero-order valence-corrected chi connectivity index (χ0v) is 12.1. The third-order valence-corrected chi connectivity index (χ3v) is 3.99. The molecule has 0 radical (unpaired) electrons. The number of aromatic nitrogens is 2. The summed E-state index contributed by atoms with van der Waals surface area (Å²) < 4.78 is 1.36. The minimum Gasteiger partial charge on any atom is -0.383 e. The summed E-state index contributed by atoms with van der Waals surface area (Å²) in [5.41, 5.74) is 5.30. The van der Waals surface area contributed by atoms with Crippen molar-refractivity contribution in [3.63, 3.8) is 0 Å². The minimum atomic E-state index is -0.463. The van der Waals surface area contributed by atoms with Gasteiger partial charge in [0.15, 0.2) is 0 Å². The molecule has 7 nitrogen and oxygen atoms in total. The number of nitrogens with two attached hydrogens (primary N) is 1. The molecule has 0 aliphatic carbocycles. The number of piperidine rings is 1. The van der Waals surface area contributed by atoms with E-state index in [1.54, 1.807) is 0 Å². The molecular weight excluding hydrogens is 258 g/mol. The Hall–Kier alpha value is -1.76. The zero-order valence-electron chi connectivity index (χ0n) is 12.1. The third-order valence-electron chi connectivity index (χ3n) is 3.99. The number of anilines is 2. The van der Waals surface area contributed by atoms with E-state index >= 15 is 0 Å². The van der Waals surface area contributed by atoms with Crippen molar-refractivity contribution in [1.82, 2.24) is 14.5 Å². The molecule has 1 aliphatic rings. The van der Waals surface area contributed by atoms with Gasteiger partial charge in [0.05, 0.1) is 0 Å². The average molecular weight is 281 g/mol. The maximum absolute atomic E-state index is 11.9. The molecule has 0 amide bonds. The largest absolute Gasteiger partial charge is 0.383 e. The fraction of sp³-hybridized carbons (Fsp3) is 0.692. The smallest absolute Gasteiger partial charge is 0.330 e. The predicted molar refractivity (Wildman–Crippen MR) is 80.2 cm³/mol. The monoisotopic (exact) mass is 281 g/mol. The molecule has 0 aromatic carbocycles. The maximum atomic E-state index is 11.9. The van der Waals surface area contributed by atoms with Gasteiger partial charge in [0.2, 0.25) is 0 Å². The number of hydrogen-bond acceptors (Lipinski definition) is 5. The van der Waals surface area contributed by atoms with Gasteiger partial charge in [0, 0.05) is 19.1 Å². The summed E-state index contributed by atoms with van der Waals surface area (Å²) in [7, 11) is 2.09. The Morgan fingerprint density at radius 1 is 1.40 bits per heavy atom.